The largest absolute Gasteiger partial charge is 0.378 e. The fourth-order valence-electron chi connectivity index (χ4n) is 5.41. The number of ether oxygens (including phenoxy) is 1. The Labute approximate surface area is 189 Å². The highest BCUT2D eigenvalue weighted by atomic mass is 16.5. The molecule has 6 heteroatoms. The fourth-order valence-corrected chi connectivity index (χ4v) is 5.41. The van der Waals surface area contributed by atoms with E-state index in [9.17, 15) is 9.59 Å². The van der Waals surface area contributed by atoms with Gasteiger partial charge in [0.2, 0.25) is 5.91 Å². The number of morpholine rings is 1. The van der Waals surface area contributed by atoms with Gasteiger partial charge < -0.3 is 14.4 Å². The molecule has 3 aliphatic rings. The van der Waals surface area contributed by atoms with E-state index < -0.39 is 5.54 Å². The third-order valence-electron chi connectivity index (χ3n) is 7.30. The number of carbonyl (C=O) groups is 2. The number of benzene rings is 2. The number of hydrogen-bond acceptors (Lipinski definition) is 5. The molecule has 2 aromatic rings. The van der Waals surface area contributed by atoms with E-state index in [0.29, 0.717) is 32.7 Å². The van der Waals surface area contributed by atoms with E-state index in [1.165, 1.54) is 11.1 Å². The maximum atomic E-state index is 13.0. The van der Waals surface area contributed by atoms with Gasteiger partial charge >= 0.3 is 0 Å². The molecule has 0 N–H and O–H groups in total. The molecule has 0 radical (unpaired) electrons. The Kier molecular flexibility index (Phi) is 6.09. The van der Waals surface area contributed by atoms with Crippen molar-refractivity contribution in [3.63, 3.8) is 0 Å². The van der Waals surface area contributed by atoms with Crippen LogP contribution in [0.4, 0.5) is 0 Å². The van der Waals surface area contributed by atoms with Crippen LogP contribution in [0.15, 0.2) is 60.7 Å². The van der Waals surface area contributed by atoms with Crippen molar-refractivity contribution in [1.29, 1.82) is 0 Å². The Morgan fingerprint density at radius 3 is 1.97 bits per heavy atom. The standard InChI is InChI=1S/C26H31N3O3/c30-20-26(19-23(26)25(31)28-15-17-32-18-16-28)29-13-11-27(12-14-29)24(21-7-3-1-4-8-21)22-9-5-2-6-10-22/h1-10,20,23-24H,11-19H2/t23-,26-/m1/s1. The molecule has 0 aromatic heterocycles. The van der Waals surface area contributed by atoms with E-state index in [1.54, 1.807) is 0 Å². The minimum atomic E-state index is -0.615. The van der Waals surface area contributed by atoms with Crippen LogP contribution in [0.25, 0.3) is 0 Å². The number of aldehydes is 1. The zero-order valence-corrected chi connectivity index (χ0v) is 18.4. The lowest BCUT2D eigenvalue weighted by Gasteiger charge is -2.42. The van der Waals surface area contributed by atoms with Gasteiger partial charge in [-0.05, 0) is 17.5 Å². The van der Waals surface area contributed by atoms with Crippen molar-refractivity contribution < 1.29 is 14.3 Å². The highest BCUT2D eigenvalue weighted by Crippen LogP contribution is 2.48. The first-order valence-corrected chi connectivity index (χ1v) is 11.6. The minimum absolute atomic E-state index is 0.120. The summed E-state index contributed by atoms with van der Waals surface area (Å²) in [5.41, 5.74) is 1.95. The maximum absolute atomic E-state index is 13.0. The lowest BCUT2D eigenvalue weighted by atomic mass is 9.96. The van der Waals surface area contributed by atoms with Crippen LogP contribution in [0.2, 0.25) is 0 Å². The topological polar surface area (TPSA) is 53.1 Å². The molecular formula is C26H31N3O3. The van der Waals surface area contributed by atoms with Gasteiger partial charge in [-0.25, -0.2) is 0 Å². The van der Waals surface area contributed by atoms with Crippen LogP contribution in [0.1, 0.15) is 23.6 Å². The number of piperazine rings is 1. The van der Waals surface area contributed by atoms with Crippen LogP contribution in [0.5, 0.6) is 0 Å². The molecule has 1 amide bonds. The number of rotatable bonds is 6. The molecule has 0 spiro atoms. The van der Waals surface area contributed by atoms with Gasteiger partial charge in [0.1, 0.15) is 6.29 Å². The summed E-state index contributed by atoms with van der Waals surface area (Å²) in [4.78, 5) is 31.8. The Hall–Kier alpha value is -2.54. The predicted molar refractivity (Wildman–Crippen MR) is 122 cm³/mol. The van der Waals surface area contributed by atoms with Gasteiger partial charge in [0.05, 0.1) is 30.7 Å². The van der Waals surface area contributed by atoms with Crippen molar-refractivity contribution in [3.05, 3.63) is 71.8 Å². The average Bonchev–Trinajstić information content (AvgIpc) is 3.62. The molecule has 2 aliphatic heterocycles. The summed E-state index contributed by atoms with van der Waals surface area (Å²) in [7, 11) is 0. The van der Waals surface area contributed by atoms with E-state index in [4.69, 9.17) is 4.74 Å². The van der Waals surface area contributed by atoms with E-state index >= 15 is 0 Å². The molecule has 1 aliphatic carbocycles. The van der Waals surface area contributed by atoms with Crippen molar-refractivity contribution in [2.75, 3.05) is 52.5 Å². The second-order valence-electron chi connectivity index (χ2n) is 9.05. The van der Waals surface area contributed by atoms with E-state index in [2.05, 4.69) is 70.5 Å². The molecule has 6 nitrogen and oxygen atoms in total. The Morgan fingerprint density at radius 1 is 0.875 bits per heavy atom. The van der Waals surface area contributed by atoms with Crippen molar-refractivity contribution in [2.24, 2.45) is 5.92 Å². The number of amides is 1. The molecule has 2 atom stereocenters. The summed E-state index contributed by atoms with van der Waals surface area (Å²) >= 11 is 0. The zero-order chi connectivity index (χ0) is 22.0. The zero-order valence-electron chi connectivity index (χ0n) is 18.4. The smallest absolute Gasteiger partial charge is 0.228 e. The summed E-state index contributed by atoms with van der Waals surface area (Å²) in [6, 6.07) is 21.4. The molecule has 0 unspecified atom stereocenters. The van der Waals surface area contributed by atoms with Crippen molar-refractivity contribution in [1.82, 2.24) is 14.7 Å². The van der Waals surface area contributed by atoms with E-state index in [1.807, 2.05) is 4.90 Å². The monoisotopic (exact) mass is 433 g/mol. The van der Waals surface area contributed by atoms with Gasteiger partial charge in [-0.15, -0.1) is 0 Å². The first-order valence-electron chi connectivity index (χ1n) is 11.6. The van der Waals surface area contributed by atoms with Gasteiger partial charge in [0.25, 0.3) is 0 Å². The SMILES string of the molecule is O=C[C@]1(N2CCN(C(c3ccccc3)c3ccccc3)CC2)C[C@@H]1C(=O)N1CCOCC1. The van der Waals surface area contributed by atoms with Crippen LogP contribution < -0.4 is 0 Å². The molecule has 2 aromatic carbocycles. The Morgan fingerprint density at radius 2 is 1.44 bits per heavy atom. The quantitative estimate of drug-likeness (QED) is 0.654. The number of carbonyl (C=O) groups excluding carboxylic acids is 2. The lowest BCUT2D eigenvalue weighted by molar-refractivity contribution is -0.139. The highest BCUT2D eigenvalue weighted by molar-refractivity contribution is 5.91. The Balaban J connectivity index is 1.28. The normalized spacial score (nSPS) is 26.8. The van der Waals surface area contributed by atoms with Crippen LogP contribution in [0, 0.1) is 5.92 Å². The molecule has 1 saturated carbocycles. The minimum Gasteiger partial charge on any atom is -0.378 e. The summed E-state index contributed by atoms with van der Waals surface area (Å²) < 4.78 is 5.37. The highest BCUT2D eigenvalue weighted by Gasteiger charge is 2.63. The summed E-state index contributed by atoms with van der Waals surface area (Å²) in [5.74, 6) is -0.0852. The Bertz CT molecular complexity index is 884. The van der Waals surface area contributed by atoms with Crippen LogP contribution in [-0.2, 0) is 14.3 Å². The third kappa shape index (κ3) is 3.98. The second-order valence-corrected chi connectivity index (χ2v) is 9.05. The summed E-state index contributed by atoms with van der Waals surface area (Å²) in [6.45, 7) is 5.76. The van der Waals surface area contributed by atoms with Gasteiger partial charge in [-0.2, -0.15) is 0 Å². The van der Waals surface area contributed by atoms with Crippen molar-refractivity contribution >= 4 is 12.2 Å². The van der Waals surface area contributed by atoms with Crippen molar-refractivity contribution in [2.45, 2.75) is 18.0 Å². The van der Waals surface area contributed by atoms with Crippen molar-refractivity contribution in [3.8, 4) is 0 Å². The van der Waals surface area contributed by atoms with E-state index in [0.717, 1.165) is 32.5 Å². The molecule has 2 heterocycles. The summed E-state index contributed by atoms with van der Waals surface area (Å²) in [5, 5.41) is 0. The molecule has 3 fully saturated rings. The number of nitrogens with zero attached hydrogens (tertiary/aromatic N) is 3. The van der Waals surface area contributed by atoms with Gasteiger partial charge in [-0.1, -0.05) is 60.7 Å². The molecule has 32 heavy (non-hydrogen) atoms. The second kappa shape index (κ2) is 9.14. The van der Waals surface area contributed by atoms with Crippen LogP contribution in [0.3, 0.4) is 0 Å². The van der Waals surface area contributed by atoms with Crippen LogP contribution in [-0.4, -0.2) is 84.9 Å². The molecule has 0 bridgehead atoms. The molecule has 5 rings (SSSR count). The molecule has 2 saturated heterocycles. The molecular weight excluding hydrogens is 402 g/mol. The van der Waals surface area contributed by atoms with Gasteiger partial charge in [0.15, 0.2) is 0 Å². The first kappa shape index (κ1) is 21.3. The third-order valence-corrected chi connectivity index (χ3v) is 7.30. The van der Waals surface area contributed by atoms with E-state index in [-0.39, 0.29) is 17.9 Å². The average molecular weight is 434 g/mol. The number of hydrogen-bond donors (Lipinski definition) is 0. The lowest BCUT2D eigenvalue weighted by Crippen LogP contribution is -2.54. The maximum Gasteiger partial charge on any atom is 0.228 e. The summed E-state index contributed by atoms with van der Waals surface area (Å²) in [6.07, 6.45) is 1.69. The fraction of sp³-hybridized carbons (Fsp3) is 0.462. The van der Waals surface area contributed by atoms with Gasteiger partial charge in [0, 0.05) is 39.3 Å². The predicted octanol–water partition coefficient (Wildman–Crippen LogP) is 2.21. The first-order chi connectivity index (χ1) is 15.7. The van der Waals surface area contributed by atoms with Crippen LogP contribution >= 0.6 is 0 Å². The van der Waals surface area contributed by atoms with Gasteiger partial charge in [-0.3, -0.25) is 14.6 Å². The molecule has 168 valence electrons.